The van der Waals surface area contributed by atoms with E-state index < -0.39 is 0 Å². The molecule has 0 saturated heterocycles. The number of nitrogens with zero attached hydrogens (tertiary/aromatic N) is 2. The predicted octanol–water partition coefficient (Wildman–Crippen LogP) is 3.05. The van der Waals surface area contributed by atoms with Gasteiger partial charge in [0.15, 0.2) is 0 Å². The Morgan fingerprint density at radius 3 is 2.73 bits per heavy atom. The van der Waals surface area contributed by atoms with E-state index in [1.54, 1.807) is 54.7 Å². The lowest BCUT2D eigenvalue weighted by molar-refractivity contribution is 0.0951. The van der Waals surface area contributed by atoms with Crippen LogP contribution in [-0.4, -0.2) is 20.9 Å². The Morgan fingerprint density at radius 2 is 1.85 bits per heavy atom. The topological polar surface area (TPSA) is 87.7 Å². The number of nitrogens with one attached hydrogen (secondary N) is 2. The van der Waals surface area contributed by atoms with Crippen molar-refractivity contribution in [2.75, 3.05) is 0 Å². The Bertz CT molecular complexity index is 1200. The number of hydrogen-bond donors (Lipinski definition) is 2. The van der Waals surface area contributed by atoms with E-state index >= 15 is 0 Å². The van der Waals surface area contributed by atoms with E-state index in [1.165, 1.54) is 0 Å². The molecule has 0 atom stereocenters. The van der Waals surface area contributed by atoms with Crippen molar-refractivity contribution in [1.29, 1.82) is 0 Å². The highest BCUT2D eigenvalue weighted by Gasteiger charge is 2.15. The third-order valence-electron chi connectivity index (χ3n) is 4.04. The lowest BCUT2D eigenvalue weighted by Crippen LogP contribution is -2.26. The molecule has 2 aromatic carbocycles. The molecule has 128 valence electrons. The van der Waals surface area contributed by atoms with Gasteiger partial charge in [-0.1, -0.05) is 29.8 Å². The normalized spacial score (nSPS) is 11.0. The number of fused-ring (bicyclic) bond motifs is 2. The summed E-state index contributed by atoms with van der Waals surface area (Å²) in [6.45, 7) is 0.0753. The first-order valence-electron chi connectivity index (χ1n) is 7.93. The largest absolute Gasteiger partial charge is 0.345 e. The summed E-state index contributed by atoms with van der Waals surface area (Å²) in [5, 5.41) is 4.26. The zero-order valence-electron chi connectivity index (χ0n) is 13.5. The molecule has 2 N–H and O–H groups in total. The first-order valence-corrected chi connectivity index (χ1v) is 8.30. The first-order chi connectivity index (χ1) is 12.6. The van der Waals surface area contributed by atoms with Gasteiger partial charge in [-0.05, 0) is 30.3 Å². The molecule has 0 fully saturated rings. The summed E-state index contributed by atoms with van der Waals surface area (Å²) in [4.78, 5) is 36.0. The maximum absolute atomic E-state index is 12.7. The molecule has 0 unspecified atom stereocenters. The van der Waals surface area contributed by atoms with E-state index in [0.29, 0.717) is 38.2 Å². The second kappa shape index (κ2) is 6.57. The minimum absolute atomic E-state index is 0.0753. The number of pyridine rings is 1. The molecule has 4 rings (SSSR count). The summed E-state index contributed by atoms with van der Waals surface area (Å²) in [6, 6.07) is 14.0. The van der Waals surface area contributed by atoms with Gasteiger partial charge in [-0.2, -0.15) is 0 Å². The van der Waals surface area contributed by atoms with Crippen LogP contribution in [0.5, 0.6) is 0 Å². The minimum atomic E-state index is -0.357. The average Bonchev–Trinajstić information content (AvgIpc) is 2.66. The molecule has 2 heterocycles. The average molecular weight is 365 g/mol. The molecule has 0 aliphatic rings. The van der Waals surface area contributed by atoms with Crippen LogP contribution in [-0.2, 0) is 6.54 Å². The Kier molecular flexibility index (Phi) is 4.10. The SMILES string of the molecule is O=C(NCc1nc2ccccc2c(=O)[nH]1)c1c(Cl)ccc2ncccc12. The van der Waals surface area contributed by atoms with Gasteiger partial charge in [-0.3, -0.25) is 14.6 Å². The maximum atomic E-state index is 12.7. The van der Waals surface area contributed by atoms with Crippen LogP contribution in [0, 0.1) is 0 Å². The van der Waals surface area contributed by atoms with Crippen LogP contribution in [0.2, 0.25) is 5.02 Å². The standard InChI is InChI=1S/C19H13ClN4O2/c20-13-7-8-14-11(5-3-9-21-14)17(13)19(26)22-10-16-23-15-6-2-1-4-12(15)18(25)24-16/h1-9H,10H2,(H,22,26)(H,23,24,25). The van der Waals surface area contributed by atoms with Crippen molar-refractivity contribution in [1.82, 2.24) is 20.3 Å². The number of carbonyl (C=O) groups excluding carboxylic acids is 1. The van der Waals surface area contributed by atoms with Crippen molar-refractivity contribution in [2.24, 2.45) is 0 Å². The zero-order chi connectivity index (χ0) is 18.1. The van der Waals surface area contributed by atoms with Gasteiger partial charge in [0.25, 0.3) is 11.5 Å². The number of amides is 1. The fraction of sp³-hybridized carbons (Fsp3) is 0.0526. The molecule has 7 heteroatoms. The van der Waals surface area contributed by atoms with Gasteiger partial charge in [0.05, 0.1) is 33.6 Å². The Balaban J connectivity index is 1.64. The number of halogens is 1. The lowest BCUT2D eigenvalue weighted by atomic mass is 10.1. The lowest BCUT2D eigenvalue weighted by Gasteiger charge is -2.09. The van der Waals surface area contributed by atoms with Gasteiger partial charge in [-0.25, -0.2) is 4.98 Å². The molecule has 26 heavy (non-hydrogen) atoms. The molecular weight excluding hydrogens is 352 g/mol. The number of aromatic nitrogens is 3. The van der Waals surface area contributed by atoms with Crippen molar-refractivity contribution in [3.63, 3.8) is 0 Å². The van der Waals surface area contributed by atoms with E-state index in [-0.39, 0.29) is 18.0 Å². The number of para-hydroxylation sites is 1. The van der Waals surface area contributed by atoms with Crippen LogP contribution in [0.1, 0.15) is 16.2 Å². The number of aromatic amines is 1. The van der Waals surface area contributed by atoms with E-state index in [0.717, 1.165) is 0 Å². The molecule has 0 aliphatic carbocycles. The van der Waals surface area contributed by atoms with Gasteiger partial charge < -0.3 is 10.3 Å². The summed E-state index contributed by atoms with van der Waals surface area (Å²) >= 11 is 6.22. The number of carbonyl (C=O) groups is 1. The molecule has 1 amide bonds. The Labute approximate surface area is 152 Å². The number of rotatable bonds is 3. The number of hydrogen-bond acceptors (Lipinski definition) is 4. The predicted molar refractivity (Wildman–Crippen MR) is 100 cm³/mol. The Morgan fingerprint density at radius 1 is 1.04 bits per heavy atom. The van der Waals surface area contributed by atoms with Crippen LogP contribution in [0.25, 0.3) is 21.8 Å². The van der Waals surface area contributed by atoms with E-state index in [9.17, 15) is 9.59 Å². The molecule has 0 spiro atoms. The van der Waals surface area contributed by atoms with Crippen LogP contribution in [0.15, 0.2) is 59.5 Å². The minimum Gasteiger partial charge on any atom is -0.345 e. The van der Waals surface area contributed by atoms with Crippen molar-refractivity contribution in [3.8, 4) is 0 Å². The second-order valence-corrected chi connectivity index (χ2v) is 6.11. The zero-order valence-corrected chi connectivity index (χ0v) is 14.2. The third kappa shape index (κ3) is 2.91. The molecule has 6 nitrogen and oxygen atoms in total. The number of H-pyrrole nitrogens is 1. The second-order valence-electron chi connectivity index (χ2n) is 5.70. The van der Waals surface area contributed by atoms with Crippen LogP contribution in [0.4, 0.5) is 0 Å². The summed E-state index contributed by atoms with van der Waals surface area (Å²) < 4.78 is 0. The van der Waals surface area contributed by atoms with Crippen molar-refractivity contribution in [3.05, 3.63) is 81.5 Å². The van der Waals surface area contributed by atoms with E-state index in [4.69, 9.17) is 11.6 Å². The highest BCUT2D eigenvalue weighted by molar-refractivity contribution is 6.35. The number of benzene rings is 2. The van der Waals surface area contributed by atoms with Crippen molar-refractivity contribution >= 4 is 39.3 Å². The quantitative estimate of drug-likeness (QED) is 0.585. The van der Waals surface area contributed by atoms with Gasteiger partial charge in [0, 0.05) is 11.6 Å². The molecular formula is C19H13ClN4O2. The van der Waals surface area contributed by atoms with Crippen molar-refractivity contribution in [2.45, 2.75) is 6.54 Å². The molecule has 0 radical (unpaired) electrons. The van der Waals surface area contributed by atoms with E-state index in [2.05, 4.69) is 20.3 Å². The molecule has 0 bridgehead atoms. The first kappa shape index (κ1) is 16.2. The fourth-order valence-corrected chi connectivity index (χ4v) is 3.08. The summed E-state index contributed by atoms with van der Waals surface area (Å²) in [5.74, 6) is 0.0148. The van der Waals surface area contributed by atoms with Gasteiger partial charge in [-0.15, -0.1) is 0 Å². The monoisotopic (exact) mass is 364 g/mol. The third-order valence-corrected chi connectivity index (χ3v) is 4.35. The summed E-state index contributed by atoms with van der Waals surface area (Å²) in [5.41, 5.74) is 1.36. The fourth-order valence-electron chi connectivity index (χ4n) is 2.83. The maximum Gasteiger partial charge on any atom is 0.258 e. The van der Waals surface area contributed by atoms with E-state index in [1.807, 2.05) is 0 Å². The smallest absolute Gasteiger partial charge is 0.258 e. The molecule has 4 aromatic rings. The van der Waals surface area contributed by atoms with Gasteiger partial charge >= 0.3 is 0 Å². The summed E-state index contributed by atoms with van der Waals surface area (Å²) in [7, 11) is 0. The Hall–Kier alpha value is -3.25. The van der Waals surface area contributed by atoms with Crippen LogP contribution in [0.3, 0.4) is 0 Å². The van der Waals surface area contributed by atoms with Gasteiger partial charge in [0.1, 0.15) is 5.82 Å². The highest BCUT2D eigenvalue weighted by Crippen LogP contribution is 2.24. The van der Waals surface area contributed by atoms with Crippen LogP contribution >= 0.6 is 11.6 Å². The van der Waals surface area contributed by atoms with Crippen molar-refractivity contribution < 1.29 is 4.79 Å². The van der Waals surface area contributed by atoms with Crippen LogP contribution < -0.4 is 10.9 Å². The molecule has 2 aromatic heterocycles. The highest BCUT2D eigenvalue weighted by atomic mass is 35.5. The summed E-state index contributed by atoms with van der Waals surface area (Å²) in [6.07, 6.45) is 1.65. The molecule has 0 saturated carbocycles. The van der Waals surface area contributed by atoms with Gasteiger partial charge in [0.2, 0.25) is 0 Å². The molecule has 0 aliphatic heterocycles.